The fraction of sp³-hybridized carbons (Fsp3) is 0.404. The maximum absolute atomic E-state index is 12.3. The Morgan fingerprint density at radius 2 is 1.32 bits per heavy atom. The van der Waals surface area contributed by atoms with Gasteiger partial charge in [-0.3, -0.25) is 10.1 Å². The molecule has 0 heterocycles. The van der Waals surface area contributed by atoms with Crippen LogP contribution in [0.3, 0.4) is 0 Å². The Morgan fingerprint density at radius 1 is 0.754 bits per heavy atom. The number of ether oxygens (including phenoxy) is 3. The number of benzene rings is 4. The van der Waals surface area contributed by atoms with Gasteiger partial charge >= 0.3 is 17.6 Å². The average Bonchev–Trinajstić information content (AvgIpc) is 3.21. The third-order valence-electron chi connectivity index (χ3n) is 10.0. The number of nitrogen functional groups attached to an aromatic ring is 1. The van der Waals surface area contributed by atoms with Gasteiger partial charge in [-0.25, -0.2) is 9.59 Å². The second-order valence-corrected chi connectivity index (χ2v) is 14.5. The lowest BCUT2D eigenvalue weighted by Crippen LogP contribution is -2.13. The molecule has 304 valence electrons. The predicted molar refractivity (Wildman–Crippen MR) is 228 cm³/mol. The Balaban J connectivity index is 1.32. The molecule has 0 amide bonds. The lowest BCUT2D eigenvalue weighted by molar-refractivity contribution is -0.386. The zero-order valence-corrected chi connectivity index (χ0v) is 33.5. The summed E-state index contributed by atoms with van der Waals surface area (Å²) in [4.78, 5) is 35.0. The number of carboxylic acids is 1. The van der Waals surface area contributed by atoms with Gasteiger partial charge in [0.25, 0.3) is 0 Å². The van der Waals surface area contributed by atoms with Crippen LogP contribution in [0.1, 0.15) is 114 Å². The Morgan fingerprint density at radius 3 is 1.91 bits per heavy atom. The molecule has 0 saturated carbocycles. The van der Waals surface area contributed by atoms with Crippen molar-refractivity contribution in [1.29, 1.82) is 0 Å². The van der Waals surface area contributed by atoms with Crippen LogP contribution in [0.4, 0.5) is 11.4 Å². The van der Waals surface area contributed by atoms with E-state index in [0.29, 0.717) is 41.2 Å². The molecule has 0 unspecified atom stereocenters. The molecule has 0 radical (unpaired) electrons. The molecule has 3 N–H and O–H groups in total. The molecule has 0 aliphatic rings. The van der Waals surface area contributed by atoms with E-state index < -0.39 is 10.9 Å². The van der Waals surface area contributed by atoms with Gasteiger partial charge in [0.15, 0.2) is 5.75 Å². The lowest BCUT2D eigenvalue weighted by atomic mass is 9.92. The summed E-state index contributed by atoms with van der Waals surface area (Å²) in [5, 5.41) is 22.2. The number of rotatable bonds is 26. The fourth-order valence-corrected chi connectivity index (χ4v) is 6.79. The number of carbonyl (C=O) groups excluding carboxylic acids is 1. The average molecular weight is 779 g/mol. The van der Waals surface area contributed by atoms with Gasteiger partial charge in [-0.15, -0.1) is 0 Å². The molecule has 4 aromatic carbocycles. The standard InChI is InChI=1S/C47H58N2O8/c1-4-6-7-15-18-34(3)57-45-33-43(48)42(32-44(45)49(53)54)38-25-28-40(47(51)52)41(31-38)37-21-19-35(20-22-37)36-23-26-39(27-24-36)55-29-16-13-11-9-8-10-12-14-17-30-56-46(50)5-2/h5,19-28,31-34H,2,4,6-18,29-30,48H2,1,3H3,(H,51,52)/t34-/m1/s1. The smallest absolute Gasteiger partial charge is 0.336 e. The van der Waals surface area contributed by atoms with Crippen LogP contribution in [0.5, 0.6) is 11.5 Å². The van der Waals surface area contributed by atoms with Gasteiger partial charge in [0.2, 0.25) is 0 Å². The lowest BCUT2D eigenvalue weighted by Gasteiger charge is -2.17. The normalized spacial score (nSPS) is 11.5. The highest BCUT2D eigenvalue weighted by molar-refractivity contribution is 5.98. The van der Waals surface area contributed by atoms with Crippen molar-refractivity contribution >= 4 is 23.3 Å². The summed E-state index contributed by atoms with van der Waals surface area (Å²) >= 11 is 0. The minimum absolute atomic E-state index is 0.107. The molecule has 0 saturated heterocycles. The van der Waals surface area contributed by atoms with Gasteiger partial charge in [-0.05, 0) is 84.7 Å². The van der Waals surface area contributed by atoms with Crippen molar-refractivity contribution < 1.29 is 33.8 Å². The van der Waals surface area contributed by atoms with Crippen LogP contribution in [0, 0.1) is 10.1 Å². The van der Waals surface area contributed by atoms with Crippen LogP contribution < -0.4 is 15.2 Å². The molecule has 0 bridgehead atoms. The summed E-state index contributed by atoms with van der Waals surface area (Å²) in [7, 11) is 0. The van der Waals surface area contributed by atoms with E-state index in [-0.39, 0.29) is 29.1 Å². The highest BCUT2D eigenvalue weighted by Crippen LogP contribution is 2.40. The van der Waals surface area contributed by atoms with Crippen LogP contribution in [-0.4, -0.2) is 41.3 Å². The fourth-order valence-electron chi connectivity index (χ4n) is 6.79. The third-order valence-corrected chi connectivity index (χ3v) is 10.0. The number of aromatic carboxylic acids is 1. The van der Waals surface area contributed by atoms with Crippen LogP contribution >= 0.6 is 0 Å². The number of hydrogen-bond acceptors (Lipinski definition) is 8. The van der Waals surface area contributed by atoms with E-state index in [2.05, 4.69) is 13.5 Å². The summed E-state index contributed by atoms with van der Waals surface area (Å²) in [6, 6.07) is 23.3. The zero-order chi connectivity index (χ0) is 41.0. The van der Waals surface area contributed by atoms with Crippen LogP contribution in [-0.2, 0) is 9.53 Å². The van der Waals surface area contributed by atoms with E-state index in [1.807, 2.05) is 55.5 Å². The second kappa shape index (κ2) is 23.4. The number of hydrogen-bond donors (Lipinski definition) is 2. The summed E-state index contributed by atoms with van der Waals surface area (Å²) in [5.41, 5.74) is 10.8. The number of unbranched alkanes of at least 4 members (excludes halogenated alkanes) is 11. The minimum Gasteiger partial charge on any atom is -0.494 e. The molecule has 10 nitrogen and oxygen atoms in total. The number of carbonyl (C=O) groups is 2. The number of nitro benzene ring substituents is 1. The SMILES string of the molecule is C=CC(=O)OCCCCCCCCCCCOc1ccc(-c2ccc(-c3cc(-c4cc([N+](=O)[O-])c(O[C@H](C)CCCCCC)cc4N)ccc3C(=O)O)cc2)cc1. The topological polar surface area (TPSA) is 151 Å². The van der Waals surface area contributed by atoms with Crippen molar-refractivity contribution in [3.8, 4) is 44.9 Å². The molecule has 10 heteroatoms. The summed E-state index contributed by atoms with van der Waals surface area (Å²) in [6.07, 6.45) is 16.1. The maximum Gasteiger partial charge on any atom is 0.336 e. The molecule has 0 aliphatic carbocycles. The summed E-state index contributed by atoms with van der Waals surface area (Å²) in [5.74, 6) is -0.503. The van der Waals surface area contributed by atoms with Crippen molar-refractivity contribution in [3.63, 3.8) is 0 Å². The first-order valence-electron chi connectivity index (χ1n) is 20.4. The molecule has 0 aliphatic heterocycles. The van der Waals surface area contributed by atoms with Crippen molar-refractivity contribution in [2.45, 2.75) is 110 Å². The Kier molecular flexibility index (Phi) is 18.1. The summed E-state index contributed by atoms with van der Waals surface area (Å²) < 4.78 is 17.0. The van der Waals surface area contributed by atoms with E-state index in [4.69, 9.17) is 19.9 Å². The van der Waals surface area contributed by atoms with E-state index in [1.165, 1.54) is 50.0 Å². The van der Waals surface area contributed by atoms with Gasteiger partial charge in [0, 0.05) is 29.5 Å². The first kappa shape index (κ1) is 44.1. The number of carboxylic acid groups (broad SMARTS) is 1. The Labute approximate surface area is 337 Å². The highest BCUT2D eigenvalue weighted by atomic mass is 16.6. The van der Waals surface area contributed by atoms with E-state index in [1.54, 1.807) is 12.1 Å². The van der Waals surface area contributed by atoms with E-state index in [0.717, 1.165) is 81.1 Å². The molecule has 57 heavy (non-hydrogen) atoms. The highest BCUT2D eigenvalue weighted by Gasteiger charge is 2.22. The Bertz CT molecular complexity index is 1910. The molecule has 0 aromatic heterocycles. The quantitative estimate of drug-likeness (QED) is 0.0158. The molecular formula is C47H58N2O8. The number of esters is 1. The van der Waals surface area contributed by atoms with Crippen molar-refractivity contribution in [2.24, 2.45) is 0 Å². The molecule has 4 aromatic rings. The maximum atomic E-state index is 12.3. The molecule has 0 spiro atoms. The van der Waals surface area contributed by atoms with Crippen molar-refractivity contribution in [1.82, 2.24) is 0 Å². The monoisotopic (exact) mass is 778 g/mol. The van der Waals surface area contributed by atoms with Crippen LogP contribution in [0.25, 0.3) is 33.4 Å². The third kappa shape index (κ3) is 14.1. The first-order valence-corrected chi connectivity index (χ1v) is 20.4. The zero-order valence-electron chi connectivity index (χ0n) is 33.5. The second-order valence-electron chi connectivity index (χ2n) is 14.5. The van der Waals surface area contributed by atoms with Crippen LogP contribution in [0.15, 0.2) is 91.5 Å². The van der Waals surface area contributed by atoms with Gasteiger partial charge in [-0.1, -0.05) is 120 Å². The number of nitrogens with zero attached hydrogens (tertiary/aromatic N) is 1. The first-order chi connectivity index (χ1) is 27.6. The molecule has 4 rings (SSSR count). The molecule has 0 fully saturated rings. The Hall–Kier alpha value is -5.64. The van der Waals surface area contributed by atoms with Crippen molar-refractivity contribution in [3.05, 3.63) is 107 Å². The van der Waals surface area contributed by atoms with Crippen molar-refractivity contribution in [2.75, 3.05) is 18.9 Å². The number of anilines is 1. The number of nitrogens with two attached hydrogens (primary N) is 1. The summed E-state index contributed by atoms with van der Waals surface area (Å²) in [6.45, 7) is 8.58. The van der Waals surface area contributed by atoms with E-state index >= 15 is 0 Å². The molecular weight excluding hydrogens is 721 g/mol. The predicted octanol–water partition coefficient (Wildman–Crippen LogP) is 12.2. The largest absolute Gasteiger partial charge is 0.494 e. The van der Waals surface area contributed by atoms with Gasteiger partial charge in [0.05, 0.1) is 29.8 Å². The van der Waals surface area contributed by atoms with E-state index in [9.17, 15) is 24.8 Å². The molecule has 1 atom stereocenters. The number of nitro groups is 1. The minimum atomic E-state index is -1.08. The van der Waals surface area contributed by atoms with Crippen LogP contribution in [0.2, 0.25) is 0 Å². The van der Waals surface area contributed by atoms with Gasteiger partial charge in [0.1, 0.15) is 5.75 Å². The van der Waals surface area contributed by atoms with Gasteiger partial charge in [-0.2, -0.15) is 0 Å². The van der Waals surface area contributed by atoms with Gasteiger partial charge < -0.3 is 25.1 Å².